The highest BCUT2D eigenvalue weighted by molar-refractivity contribution is 5.89. The number of carbonyl (C=O) groups is 1. The minimum atomic E-state index is -0.865. The zero-order chi connectivity index (χ0) is 13.7. The molecule has 4 heteroatoms. The van der Waals surface area contributed by atoms with Gasteiger partial charge in [0.2, 0.25) is 0 Å². The molecule has 0 saturated carbocycles. The SMILES string of the molecule is CC(NCc1ccccc1C(=O)O)C1CCOCC1. The molecule has 1 aliphatic rings. The third-order valence-electron chi connectivity index (χ3n) is 3.84. The van der Waals surface area contributed by atoms with Crippen molar-refractivity contribution in [2.24, 2.45) is 5.92 Å². The zero-order valence-electron chi connectivity index (χ0n) is 11.3. The molecule has 0 aromatic heterocycles. The summed E-state index contributed by atoms with van der Waals surface area (Å²) in [6.45, 7) is 4.44. The van der Waals surface area contributed by atoms with Crippen LogP contribution in [0.1, 0.15) is 35.7 Å². The van der Waals surface area contributed by atoms with Crippen molar-refractivity contribution in [1.82, 2.24) is 5.32 Å². The number of aromatic carboxylic acids is 1. The van der Waals surface area contributed by atoms with Gasteiger partial charge in [-0.3, -0.25) is 0 Å². The first-order chi connectivity index (χ1) is 9.18. The number of rotatable bonds is 5. The number of hydrogen-bond donors (Lipinski definition) is 2. The Morgan fingerprint density at radius 3 is 2.79 bits per heavy atom. The first-order valence-corrected chi connectivity index (χ1v) is 6.81. The molecule has 0 spiro atoms. The molecule has 4 nitrogen and oxygen atoms in total. The Hall–Kier alpha value is -1.39. The lowest BCUT2D eigenvalue weighted by molar-refractivity contribution is 0.0557. The number of ether oxygens (including phenoxy) is 1. The third kappa shape index (κ3) is 3.78. The van der Waals surface area contributed by atoms with Gasteiger partial charge in [0.1, 0.15) is 0 Å². The van der Waals surface area contributed by atoms with Crippen LogP contribution in [0.2, 0.25) is 0 Å². The number of benzene rings is 1. The van der Waals surface area contributed by atoms with Crippen LogP contribution in [0, 0.1) is 5.92 Å². The maximum atomic E-state index is 11.1. The van der Waals surface area contributed by atoms with Crippen LogP contribution in [0.5, 0.6) is 0 Å². The number of carboxylic acids is 1. The summed E-state index contributed by atoms with van der Waals surface area (Å²) >= 11 is 0. The molecule has 0 bridgehead atoms. The molecule has 1 atom stereocenters. The largest absolute Gasteiger partial charge is 0.478 e. The fourth-order valence-corrected chi connectivity index (χ4v) is 2.54. The smallest absolute Gasteiger partial charge is 0.336 e. The summed E-state index contributed by atoms with van der Waals surface area (Å²) in [4.78, 5) is 11.1. The molecule has 1 aromatic rings. The fraction of sp³-hybridized carbons (Fsp3) is 0.533. The van der Waals surface area contributed by atoms with Crippen molar-refractivity contribution in [3.8, 4) is 0 Å². The second-order valence-electron chi connectivity index (χ2n) is 5.08. The molecule has 2 rings (SSSR count). The van der Waals surface area contributed by atoms with Crippen LogP contribution in [0.15, 0.2) is 24.3 Å². The molecular formula is C15H21NO3. The lowest BCUT2D eigenvalue weighted by atomic mass is 9.92. The van der Waals surface area contributed by atoms with Crippen LogP contribution in [0.25, 0.3) is 0 Å². The van der Waals surface area contributed by atoms with E-state index in [-0.39, 0.29) is 0 Å². The third-order valence-corrected chi connectivity index (χ3v) is 3.84. The molecule has 1 unspecified atom stereocenters. The summed E-state index contributed by atoms with van der Waals surface area (Å²) in [7, 11) is 0. The van der Waals surface area contributed by atoms with E-state index in [0.717, 1.165) is 31.6 Å². The first kappa shape index (κ1) is 14.0. The summed E-state index contributed by atoms with van der Waals surface area (Å²) in [5.74, 6) is -0.248. The van der Waals surface area contributed by atoms with E-state index in [2.05, 4.69) is 12.2 Å². The van der Waals surface area contributed by atoms with Gasteiger partial charge in [-0.1, -0.05) is 18.2 Å². The summed E-state index contributed by atoms with van der Waals surface area (Å²) in [5.41, 5.74) is 1.23. The first-order valence-electron chi connectivity index (χ1n) is 6.81. The van der Waals surface area contributed by atoms with Crippen molar-refractivity contribution in [2.75, 3.05) is 13.2 Å². The van der Waals surface area contributed by atoms with Crippen LogP contribution < -0.4 is 5.32 Å². The Morgan fingerprint density at radius 2 is 2.11 bits per heavy atom. The number of carboxylic acid groups (broad SMARTS) is 1. The Labute approximate surface area is 113 Å². The maximum absolute atomic E-state index is 11.1. The summed E-state index contributed by atoms with van der Waals surface area (Å²) in [6, 6.07) is 7.54. The van der Waals surface area contributed by atoms with Gasteiger partial charge >= 0.3 is 5.97 Å². The summed E-state index contributed by atoms with van der Waals surface area (Å²) < 4.78 is 5.36. The van der Waals surface area contributed by atoms with E-state index in [0.29, 0.717) is 24.1 Å². The van der Waals surface area contributed by atoms with Crippen molar-refractivity contribution >= 4 is 5.97 Å². The Balaban J connectivity index is 1.92. The van der Waals surface area contributed by atoms with E-state index in [1.165, 1.54) is 0 Å². The van der Waals surface area contributed by atoms with E-state index in [9.17, 15) is 4.79 Å². The Bertz CT molecular complexity index is 427. The van der Waals surface area contributed by atoms with Crippen molar-refractivity contribution < 1.29 is 14.6 Å². The van der Waals surface area contributed by atoms with E-state index in [1.54, 1.807) is 12.1 Å². The highest BCUT2D eigenvalue weighted by atomic mass is 16.5. The van der Waals surface area contributed by atoms with Gasteiger partial charge in [0.05, 0.1) is 5.56 Å². The quantitative estimate of drug-likeness (QED) is 0.855. The van der Waals surface area contributed by atoms with Crippen LogP contribution in [-0.2, 0) is 11.3 Å². The second kappa shape index (κ2) is 6.68. The van der Waals surface area contributed by atoms with E-state index >= 15 is 0 Å². The van der Waals surface area contributed by atoms with Crippen molar-refractivity contribution in [3.63, 3.8) is 0 Å². The summed E-state index contributed by atoms with van der Waals surface area (Å²) in [6.07, 6.45) is 2.16. The van der Waals surface area contributed by atoms with Gasteiger partial charge in [-0.2, -0.15) is 0 Å². The highest BCUT2D eigenvalue weighted by Gasteiger charge is 2.20. The van der Waals surface area contributed by atoms with Gasteiger partial charge in [-0.05, 0) is 37.3 Å². The van der Waals surface area contributed by atoms with Crippen molar-refractivity contribution in [3.05, 3.63) is 35.4 Å². The molecule has 0 amide bonds. The van der Waals surface area contributed by atoms with E-state index in [1.807, 2.05) is 12.1 Å². The maximum Gasteiger partial charge on any atom is 0.336 e. The molecule has 104 valence electrons. The molecule has 19 heavy (non-hydrogen) atoms. The lowest BCUT2D eigenvalue weighted by Gasteiger charge is -2.28. The monoisotopic (exact) mass is 263 g/mol. The molecule has 1 aromatic carbocycles. The van der Waals surface area contributed by atoms with Gasteiger partial charge in [-0.25, -0.2) is 4.79 Å². The Kier molecular flexibility index (Phi) is 4.93. The molecule has 1 heterocycles. The average Bonchev–Trinajstić information content (AvgIpc) is 2.46. The normalized spacial score (nSPS) is 18.2. The van der Waals surface area contributed by atoms with Gasteiger partial charge < -0.3 is 15.2 Å². The van der Waals surface area contributed by atoms with Gasteiger partial charge in [0, 0.05) is 25.8 Å². The molecule has 0 aliphatic carbocycles. The number of nitrogens with one attached hydrogen (secondary N) is 1. The van der Waals surface area contributed by atoms with Crippen molar-refractivity contribution in [2.45, 2.75) is 32.4 Å². The second-order valence-corrected chi connectivity index (χ2v) is 5.08. The molecule has 2 N–H and O–H groups in total. The zero-order valence-corrected chi connectivity index (χ0v) is 11.3. The topological polar surface area (TPSA) is 58.6 Å². The van der Waals surface area contributed by atoms with Crippen LogP contribution in [-0.4, -0.2) is 30.3 Å². The standard InChI is InChI=1S/C15H21NO3/c1-11(12-6-8-19-9-7-12)16-10-13-4-2-3-5-14(13)15(17)18/h2-5,11-12,16H,6-10H2,1H3,(H,17,18). The average molecular weight is 263 g/mol. The van der Waals surface area contributed by atoms with Crippen LogP contribution >= 0.6 is 0 Å². The summed E-state index contributed by atoms with van der Waals surface area (Å²) in [5, 5.41) is 12.6. The van der Waals surface area contributed by atoms with Crippen LogP contribution in [0.4, 0.5) is 0 Å². The van der Waals surface area contributed by atoms with Crippen molar-refractivity contribution in [1.29, 1.82) is 0 Å². The Morgan fingerprint density at radius 1 is 1.42 bits per heavy atom. The molecule has 1 fully saturated rings. The minimum Gasteiger partial charge on any atom is -0.478 e. The molecule has 1 saturated heterocycles. The fourth-order valence-electron chi connectivity index (χ4n) is 2.54. The highest BCUT2D eigenvalue weighted by Crippen LogP contribution is 2.19. The van der Waals surface area contributed by atoms with Gasteiger partial charge in [0.25, 0.3) is 0 Å². The lowest BCUT2D eigenvalue weighted by Crippen LogP contribution is -2.36. The van der Waals surface area contributed by atoms with Gasteiger partial charge in [-0.15, -0.1) is 0 Å². The number of hydrogen-bond acceptors (Lipinski definition) is 3. The predicted octanol–water partition coefficient (Wildman–Crippen LogP) is 2.29. The van der Waals surface area contributed by atoms with E-state index < -0.39 is 5.97 Å². The molecule has 1 aliphatic heterocycles. The van der Waals surface area contributed by atoms with Gasteiger partial charge in [0.15, 0.2) is 0 Å². The van der Waals surface area contributed by atoms with Crippen LogP contribution in [0.3, 0.4) is 0 Å². The molecule has 0 radical (unpaired) electrons. The minimum absolute atomic E-state index is 0.380. The predicted molar refractivity (Wildman–Crippen MR) is 73.2 cm³/mol. The molecular weight excluding hydrogens is 242 g/mol. The van der Waals surface area contributed by atoms with E-state index in [4.69, 9.17) is 9.84 Å².